The molecule has 0 saturated heterocycles. The predicted octanol–water partition coefficient (Wildman–Crippen LogP) is 9.80. The zero-order chi connectivity index (χ0) is 31.0. The van der Waals surface area contributed by atoms with E-state index in [0.29, 0.717) is 28.6 Å². The van der Waals surface area contributed by atoms with Crippen LogP contribution in [0.4, 0.5) is 8.78 Å². The Labute approximate surface area is 264 Å². The molecular formula is C41H25F2N3. The van der Waals surface area contributed by atoms with E-state index in [4.69, 9.17) is 15.0 Å². The summed E-state index contributed by atoms with van der Waals surface area (Å²) in [6.45, 7) is 2.20. The Bertz CT molecular complexity index is 2270. The van der Waals surface area contributed by atoms with Crippen molar-refractivity contribution in [2.24, 2.45) is 0 Å². The summed E-state index contributed by atoms with van der Waals surface area (Å²) in [5, 5.41) is 0. The number of hydrogen-bond donors (Lipinski definition) is 0. The third kappa shape index (κ3) is 3.72. The second-order valence-electron chi connectivity index (χ2n) is 11.9. The molecule has 7 aromatic rings. The molecule has 0 saturated carbocycles. The van der Waals surface area contributed by atoms with Gasteiger partial charge >= 0.3 is 0 Å². The molecule has 6 aromatic carbocycles. The van der Waals surface area contributed by atoms with E-state index in [9.17, 15) is 8.78 Å². The Balaban J connectivity index is 1.32. The van der Waals surface area contributed by atoms with Crippen molar-refractivity contribution >= 4 is 0 Å². The fraction of sp³-hybridized carbons (Fsp3) is 0.0488. The maximum absolute atomic E-state index is 13.9. The van der Waals surface area contributed by atoms with Crippen LogP contribution >= 0.6 is 0 Å². The van der Waals surface area contributed by atoms with Crippen LogP contribution < -0.4 is 0 Å². The maximum Gasteiger partial charge on any atom is 0.164 e. The highest BCUT2D eigenvalue weighted by Gasteiger charge is 2.52. The highest BCUT2D eigenvalue weighted by Crippen LogP contribution is 2.65. The van der Waals surface area contributed by atoms with Crippen molar-refractivity contribution in [3.05, 3.63) is 173 Å². The maximum atomic E-state index is 13.9. The monoisotopic (exact) mass is 597 g/mol. The first-order valence-electron chi connectivity index (χ1n) is 15.2. The van der Waals surface area contributed by atoms with Gasteiger partial charge in [0.15, 0.2) is 17.5 Å². The van der Waals surface area contributed by atoms with Crippen molar-refractivity contribution in [1.82, 2.24) is 15.0 Å². The fourth-order valence-electron chi connectivity index (χ4n) is 7.44. The predicted molar refractivity (Wildman–Crippen MR) is 177 cm³/mol. The van der Waals surface area contributed by atoms with Crippen molar-refractivity contribution < 1.29 is 8.78 Å². The fourth-order valence-corrected chi connectivity index (χ4v) is 7.44. The summed E-state index contributed by atoms with van der Waals surface area (Å²) in [5.74, 6) is 0.628. The molecule has 0 bridgehead atoms. The topological polar surface area (TPSA) is 38.7 Å². The van der Waals surface area contributed by atoms with Crippen molar-refractivity contribution in [2.45, 2.75) is 12.3 Å². The SMILES string of the molecule is Cc1ccc2c3c1-c1ccccc1C3(c1ccccc1)c1cc(-c3nc(-c4ccc(F)cc4)nc(-c4ccc(F)cc4)n3)ccc1-2. The van der Waals surface area contributed by atoms with Crippen LogP contribution in [-0.2, 0) is 5.41 Å². The molecular weight excluding hydrogens is 572 g/mol. The van der Waals surface area contributed by atoms with Crippen LogP contribution in [-0.4, -0.2) is 15.0 Å². The van der Waals surface area contributed by atoms with Crippen LogP contribution in [0.3, 0.4) is 0 Å². The lowest BCUT2D eigenvalue weighted by molar-refractivity contribution is 0.627. The minimum absolute atomic E-state index is 0.340. The van der Waals surface area contributed by atoms with Gasteiger partial charge < -0.3 is 0 Å². The second kappa shape index (κ2) is 9.85. The summed E-state index contributed by atoms with van der Waals surface area (Å²) < 4.78 is 27.7. The van der Waals surface area contributed by atoms with E-state index >= 15 is 0 Å². The van der Waals surface area contributed by atoms with Crippen molar-refractivity contribution in [3.8, 4) is 56.4 Å². The lowest BCUT2D eigenvalue weighted by Gasteiger charge is -2.31. The Morgan fingerprint density at radius 1 is 0.478 bits per heavy atom. The molecule has 0 N–H and O–H groups in total. The zero-order valence-electron chi connectivity index (χ0n) is 24.8. The van der Waals surface area contributed by atoms with E-state index < -0.39 is 5.41 Å². The molecule has 1 aromatic heterocycles. The largest absolute Gasteiger partial charge is 0.208 e. The number of benzene rings is 6. The molecule has 0 aliphatic heterocycles. The first-order valence-corrected chi connectivity index (χ1v) is 15.2. The number of aryl methyl sites for hydroxylation is 1. The lowest BCUT2D eigenvalue weighted by atomic mass is 9.70. The number of hydrogen-bond acceptors (Lipinski definition) is 3. The Kier molecular flexibility index (Phi) is 5.69. The minimum atomic E-state index is -0.507. The van der Waals surface area contributed by atoms with Crippen LogP contribution in [0.5, 0.6) is 0 Å². The summed E-state index contributed by atoms with van der Waals surface area (Å²) in [6, 6.07) is 42.6. The summed E-state index contributed by atoms with van der Waals surface area (Å²) in [5.41, 5.74) is 12.8. The number of halogens is 2. The van der Waals surface area contributed by atoms with Crippen LogP contribution in [0.2, 0.25) is 0 Å². The minimum Gasteiger partial charge on any atom is -0.208 e. The first kappa shape index (κ1) is 26.6. The molecule has 2 aliphatic carbocycles. The van der Waals surface area contributed by atoms with E-state index in [2.05, 4.69) is 91.9 Å². The Morgan fingerprint density at radius 2 is 1.02 bits per heavy atom. The molecule has 218 valence electrons. The third-order valence-corrected chi connectivity index (χ3v) is 9.41. The summed E-state index contributed by atoms with van der Waals surface area (Å²) in [4.78, 5) is 14.6. The molecule has 2 aliphatic rings. The van der Waals surface area contributed by atoms with Gasteiger partial charge in [0, 0.05) is 16.7 Å². The van der Waals surface area contributed by atoms with Gasteiger partial charge in [0.1, 0.15) is 11.6 Å². The molecule has 1 unspecified atom stereocenters. The van der Waals surface area contributed by atoms with Gasteiger partial charge in [0.05, 0.1) is 5.41 Å². The molecule has 0 spiro atoms. The number of fused-ring (bicyclic) bond motifs is 6. The molecule has 1 atom stereocenters. The number of aromatic nitrogens is 3. The average molecular weight is 598 g/mol. The molecule has 3 nitrogen and oxygen atoms in total. The quantitative estimate of drug-likeness (QED) is 0.203. The smallest absolute Gasteiger partial charge is 0.164 e. The van der Waals surface area contributed by atoms with E-state index in [1.807, 2.05) is 0 Å². The van der Waals surface area contributed by atoms with E-state index in [0.717, 1.165) is 5.56 Å². The van der Waals surface area contributed by atoms with Crippen molar-refractivity contribution in [3.63, 3.8) is 0 Å². The van der Waals surface area contributed by atoms with Gasteiger partial charge in [-0.3, -0.25) is 0 Å². The molecule has 1 heterocycles. The van der Waals surface area contributed by atoms with Crippen molar-refractivity contribution in [2.75, 3.05) is 0 Å². The van der Waals surface area contributed by atoms with Gasteiger partial charge in [-0.1, -0.05) is 78.9 Å². The molecule has 5 heteroatoms. The van der Waals surface area contributed by atoms with Gasteiger partial charge in [0.2, 0.25) is 0 Å². The van der Waals surface area contributed by atoms with Gasteiger partial charge in [-0.05, 0) is 112 Å². The first-order chi connectivity index (χ1) is 22.5. The normalized spacial score (nSPS) is 15.4. The van der Waals surface area contributed by atoms with Crippen LogP contribution in [0.15, 0.2) is 133 Å². The standard InChI is InChI=1S/C41H25F2N3/c1-24-11-21-32-31-22-16-27(23-35(31)41(28-7-3-2-4-8-28)34-10-6-5-9-33(34)36(24)37(32)41)40-45-38(25-12-17-29(42)18-13-25)44-39(46-40)26-14-19-30(43)20-15-26/h2-23H,1H3. The molecule has 0 amide bonds. The molecule has 46 heavy (non-hydrogen) atoms. The molecule has 9 rings (SSSR count). The van der Waals surface area contributed by atoms with Gasteiger partial charge in [-0.2, -0.15) is 0 Å². The molecule has 0 radical (unpaired) electrons. The van der Waals surface area contributed by atoms with Crippen LogP contribution in [0, 0.1) is 18.6 Å². The van der Waals surface area contributed by atoms with Crippen molar-refractivity contribution in [1.29, 1.82) is 0 Å². The lowest BCUT2D eigenvalue weighted by Crippen LogP contribution is -2.26. The Morgan fingerprint density at radius 3 is 1.67 bits per heavy atom. The van der Waals surface area contributed by atoms with E-state index in [1.165, 1.54) is 74.3 Å². The summed E-state index contributed by atoms with van der Waals surface area (Å²) in [6.07, 6.45) is 0. The van der Waals surface area contributed by atoms with Gasteiger partial charge in [-0.25, -0.2) is 23.7 Å². The van der Waals surface area contributed by atoms with Gasteiger partial charge in [0.25, 0.3) is 0 Å². The number of nitrogens with zero attached hydrogens (tertiary/aromatic N) is 3. The average Bonchev–Trinajstić information content (AvgIpc) is 3.57. The Hall–Kier alpha value is -5.81. The zero-order valence-corrected chi connectivity index (χ0v) is 24.8. The molecule has 0 fully saturated rings. The van der Waals surface area contributed by atoms with Crippen LogP contribution in [0.25, 0.3) is 56.4 Å². The third-order valence-electron chi connectivity index (χ3n) is 9.41. The summed E-state index contributed by atoms with van der Waals surface area (Å²) >= 11 is 0. The van der Waals surface area contributed by atoms with E-state index in [-0.39, 0.29) is 11.6 Å². The van der Waals surface area contributed by atoms with E-state index in [1.54, 1.807) is 24.3 Å². The van der Waals surface area contributed by atoms with Crippen LogP contribution in [0.1, 0.15) is 27.8 Å². The second-order valence-corrected chi connectivity index (χ2v) is 11.9. The highest BCUT2D eigenvalue weighted by molar-refractivity contribution is 6.00. The van der Waals surface area contributed by atoms with Gasteiger partial charge in [-0.15, -0.1) is 0 Å². The number of rotatable bonds is 4. The summed E-state index contributed by atoms with van der Waals surface area (Å²) in [7, 11) is 0. The highest BCUT2D eigenvalue weighted by atomic mass is 19.1.